The molecule has 29 heavy (non-hydrogen) atoms. The quantitative estimate of drug-likeness (QED) is 0.714. The Kier molecular flexibility index (Phi) is 4.03. The molecule has 0 aliphatic carbocycles. The van der Waals surface area contributed by atoms with Crippen LogP contribution >= 0.6 is 0 Å². The molecule has 5 rings (SSSR count). The molecule has 0 saturated carbocycles. The number of aromatic hydroxyl groups is 1. The lowest BCUT2D eigenvalue weighted by Gasteiger charge is -2.38. The third kappa shape index (κ3) is 3.42. The van der Waals surface area contributed by atoms with Crippen LogP contribution in [0.5, 0.6) is 5.75 Å². The summed E-state index contributed by atoms with van der Waals surface area (Å²) >= 11 is 0. The highest BCUT2D eigenvalue weighted by Gasteiger charge is 2.46. The maximum atomic E-state index is 10.4. The minimum atomic E-state index is 0.111. The molecule has 7 nitrogen and oxygen atoms in total. The molecule has 2 aliphatic heterocycles. The number of phenols is 1. The molecule has 2 aliphatic rings. The molecule has 2 N–H and O–H groups in total. The van der Waals surface area contributed by atoms with Crippen LogP contribution in [0.25, 0.3) is 23.2 Å². The third-order valence-electron chi connectivity index (χ3n) is 6.02. The minimum Gasteiger partial charge on any atom is -0.507 e. The zero-order valence-electron chi connectivity index (χ0n) is 16.6. The fourth-order valence-corrected chi connectivity index (χ4v) is 4.80. The van der Waals surface area contributed by atoms with Crippen molar-refractivity contribution in [2.45, 2.75) is 50.6 Å². The maximum absolute atomic E-state index is 10.4. The number of fused-ring (bicyclic) bond motifs is 2. The van der Waals surface area contributed by atoms with E-state index in [4.69, 9.17) is 0 Å². The molecule has 2 bridgehead atoms. The molecule has 148 valence electrons. The van der Waals surface area contributed by atoms with Crippen LogP contribution in [0.2, 0.25) is 0 Å². The molecule has 0 unspecified atom stereocenters. The number of hydrogen-bond acceptors (Lipinski definition) is 6. The smallest absolute Gasteiger partial charge is 0.185 e. The molecule has 2 saturated heterocycles. The lowest BCUT2D eigenvalue weighted by atomic mass is 9.84. The van der Waals surface area contributed by atoms with Crippen molar-refractivity contribution in [1.29, 1.82) is 0 Å². The number of aromatic nitrogens is 5. The first-order chi connectivity index (χ1) is 13.9. The van der Waals surface area contributed by atoms with Gasteiger partial charge in [-0.2, -0.15) is 0 Å². The van der Waals surface area contributed by atoms with Gasteiger partial charge >= 0.3 is 0 Å². The summed E-state index contributed by atoms with van der Waals surface area (Å²) in [6.45, 7) is 4.60. The van der Waals surface area contributed by atoms with Crippen LogP contribution in [0.1, 0.15) is 45.2 Å². The van der Waals surface area contributed by atoms with E-state index in [2.05, 4.69) is 45.4 Å². The lowest BCUT2D eigenvalue weighted by molar-refractivity contribution is 0.282. The van der Waals surface area contributed by atoms with Crippen molar-refractivity contribution in [3.8, 4) is 22.8 Å². The Balaban J connectivity index is 1.38. The number of nitrogens with zero attached hydrogens (tertiary/aromatic N) is 5. The number of benzene rings is 1. The van der Waals surface area contributed by atoms with Crippen LogP contribution in [0, 0.1) is 0 Å². The van der Waals surface area contributed by atoms with Gasteiger partial charge in [0.1, 0.15) is 11.4 Å². The van der Waals surface area contributed by atoms with E-state index in [9.17, 15) is 5.11 Å². The zero-order valence-corrected chi connectivity index (χ0v) is 16.6. The second kappa shape index (κ2) is 6.49. The third-order valence-corrected chi connectivity index (χ3v) is 6.02. The van der Waals surface area contributed by atoms with Crippen molar-refractivity contribution in [3.05, 3.63) is 54.4 Å². The van der Waals surface area contributed by atoms with Crippen molar-refractivity contribution in [3.63, 3.8) is 0 Å². The first-order valence-corrected chi connectivity index (χ1v) is 9.92. The first kappa shape index (κ1) is 18.0. The minimum absolute atomic E-state index is 0.111. The molecule has 2 atom stereocenters. The van der Waals surface area contributed by atoms with Gasteiger partial charge < -0.3 is 15.0 Å². The topological polar surface area (TPSA) is 88.8 Å². The van der Waals surface area contributed by atoms with E-state index in [0.717, 1.165) is 24.2 Å². The summed E-state index contributed by atoms with van der Waals surface area (Å²) in [5.41, 5.74) is 3.89. The molecular formula is C22H24N6O. The molecule has 1 aromatic carbocycles. The van der Waals surface area contributed by atoms with Gasteiger partial charge in [0.2, 0.25) is 0 Å². The summed E-state index contributed by atoms with van der Waals surface area (Å²) in [5.74, 6) is 0.519. The van der Waals surface area contributed by atoms with Crippen LogP contribution in [-0.2, 0) is 0 Å². The summed E-state index contributed by atoms with van der Waals surface area (Å²) in [5, 5.41) is 22.8. The molecule has 2 fully saturated rings. The summed E-state index contributed by atoms with van der Waals surface area (Å²) in [7, 11) is 0. The van der Waals surface area contributed by atoms with Crippen LogP contribution in [0.15, 0.2) is 48.7 Å². The van der Waals surface area contributed by atoms with Crippen molar-refractivity contribution in [2.24, 2.45) is 0 Å². The van der Waals surface area contributed by atoms with Crippen LogP contribution in [0.4, 0.5) is 0 Å². The predicted octanol–water partition coefficient (Wildman–Crippen LogP) is 3.51. The number of rotatable bonds is 3. The van der Waals surface area contributed by atoms with E-state index < -0.39 is 0 Å². The van der Waals surface area contributed by atoms with E-state index in [1.807, 2.05) is 16.8 Å². The second-order valence-electron chi connectivity index (χ2n) is 8.78. The van der Waals surface area contributed by atoms with Crippen LogP contribution in [0.3, 0.4) is 0 Å². The Labute approximate surface area is 169 Å². The Hall–Kier alpha value is -3.06. The molecule has 0 spiro atoms. The first-order valence-electron chi connectivity index (χ1n) is 9.92. The lowest BCUT2D eigenvalue weighted by Crippen LogP contribution is -2.51. The van der Waals surface area contributed by atoms with Gasteiger partial charge in [0.25, 0.3) is 0 Å². The molecular weight excluding hydrogens is 364 g/mol. The summed E-state index contributed by atoms with van der Waals surface area (Å²) < 4.78 is 1.82. The van der Waals surface area contributed by atoms with E-state index in [1.165, 1.54) is 18.4 Å². The Bertz CT molecular complexity index is 1060. The van der Waals surface area contributed by atoms with Gasteiger partial charge in [-0.15, -0.1) is 10.2 Å². The monoisotopic (exact) mass is 388 g/mol. The standard InChI is InChI=1S/C22H24N6O/c1-21-5-6-22(2,27-21)12-15(11-21)9-16-13-24-20(26-25-16)18-4-3-17(10-19(18)29)28-8-7-23-14-28/h3-4,7-10,13-14,27,29H,5-6,11-12H2,1-2H3/t21-,22+. The second-order valence-corrected chi connectivity index (χ2v) is 8.78. The van der Waals surface area contributed by atoms with E-state index in [1.54, 1.807) is 30.9 Å². The van der Waals surface area contributed by atoms with E-state index in [-0.39, 0.29) is 16.8 Å². The number of hydrogen-bond donors (Lipinski definition) is 2. The average Bonchev–Trinajstić information content (AvgIpc) is 3.28. The predicted molar refractivity (Wildman–Crippen MR) is 110 cm³/mol. The molecule has 2 aromatic heterocycles. The number of imidazole rings is 1. The average molecular weight is 388 g/mol. The summed E-state index contributed by atoms with van der Waals surface area (Å²) in [4.78, 5) is 8.47. The van der Waals surface area contributed by atoms with Crippen molar-refractivity contribution in [1.82, 2.24) is 30.0 Å². The van der Waals surface area contributed by atoms with Gasteiger partial charge in [-0.05, 0) is 57.7 Å². The van der Waals surface area contributed by atoms with Gasteiger partial charge in [-0.3, -0.25) is 0 Å². The van der Waals surface area contributed by atoms with Gasteiger partial charge in [-0.25, -0.2) is 9.97 Å². The molecule has 0 amide bonds. The van der Waals surface area contributed by atoms with Gasteiger partial charge in [-0.1, -0.05) is 5.57 Å². The normalized spacial score (nSPS) is 27.4. The van der Waals surface area contributed by atoms with Gasteiger partial charge in [0.05, 0.1) is 23.8 Å². The Morgan fingerprint density at radius 3 is 2.55 bits per heavy atom. The highest BCUT2D eigenvalue weighted by molar-refractivity contribution is 5.66. The van der Waals surface area contributed by atoms with E-state index in [0.29, 0.717) is 11.4 Å². The van der Waals surface area contributed by atoms with Gasteiger partial charge in [0.15, 0.2) is 5.82 Å². The SMILES string of the molecule is C[C@]12CC[C@](C)(CC(=Cc3cnc(-c4ccc(-n5ccnc5)cc4O)nn3)C1)N2. The molecule has 7 heteroatoms. The fraction of sp³-hybridized carbons (Fsp3) is 0.364. The highest BCUT2D eigenvalue weighted by Crippen LogP contribution is 2.44. The number of piperidine rings is 1. The molecule has 3 aromatic rings. The zero-order chi connectivity index (χ0) is 20.1. The van der Waals surface area contributed by atoms with Crippen molar-refractivity contribution < 1.29 is 5.11 Å². The highest BCUT2D eigenvalue weighted by atomic mass is 16.3. The summed E-state index contributed by atoms with van der Waals surface area (Å²) in [6, 6.07) is 5.36. The Morgan fingerprint density at radius 1 is 1.14 bits per heavy atom. The van der Waals surface area contributed by atoms with Crippen LogP contribution in [-0.4, -0.2) is 40.9 Å². The fourth-order valence-electron chi connectivity index (χ4n) is 4.80. The van der Waals surface area contributed by atoms with Crippen LogP contribution < -0.4 is 5.32 Å². The van der Waals surface area contributed by atoms with Crippen molar-refractivity contribution in [2.75, 3.05) is 0 Å². The summed E-state index contributed by atoms with van der Waals surface area (Å²) in [6.07, 6.45) is 13.5. The van der Waals surface area contributed by atoms with Gasteiger partial charge in [0, 0.05) is 29.5 Å². The Morgan fingerprint density at radius 2 is 1.93 bits per heavy atom. The number of phenolic OH excluding ortho intramolecular Hbond substituents is 1. The van der Waals surface area contributed by atoms with E-state index >= 15 is 0 Å². The van der Waals surface area contributed by atoms with Crippen molar-refractivity contribution >= 4 is 6.08 Å². The molecule has 4 heterocycles. The largest absolute Gasteiger partial charge is 0.507 e. The molecule has 0 radical (unpaired) electrons. The number of nitrogens with one attached hydrogen (secondary N) is 1. The maximum Gasteiger partial charge on any atom is 0.185 e.